The minimum Gasteiger partial charge on any atom is -0.331 e. The van der Waals surface area contributed by atoms with Gasteiger partial charge in [0.15, 0.2) is 10.8 Å². The van der Waals surface area contributed by atoms with E-state index in [1.165, 1.54) is 11.1 Å². The Morgan fingerprint density at radius 3 is 2.59 bits per heavy atom. The van der Waals surface area contributed by atoms with Gasteiger partial charge in [-0.2, -0.15) is 0 Å². The maximum Gasteiger partial charge on any atom is 0.178 e. The maximum atomic E-state index is 4.50. The lowest BCUT2D eigenvalue weighted by atomic mass is 9.87. The molecule has 0 radical (unpaired) electrons. The van der Waals surface area contributed by atoms with Crippen molar-refractivity contribution in [2.45, 2.75) is 37.1 Å². The second-order valence-corrected chi connectivity index (χ2v) is 8.18. The summed E-state index contributed by atoms with van der Waals surface area (Å²) in [4.78, 5) is 12.1. The van der Waals surface area contributed by atoms with Gasteiger partial charge in [-0.1, -0.05) is 56.8 Å². The number of imidazole rings is 1. The molecule has 3 nitrogen and oxygen atoms in total. The Morgan fingerprint density at radius 1 is 1.18 bits per heavy atom. The SMILES string of the molecule is CC(C)(C)c1ccc(CSc2nc3ncc(Br)cc3[nH]2)cc1. The van der Waals surface area contributed by atoms with Crippen LogP contribution in [-0.4, -0.2) is 15.0 Å². The summed E-state index contributed by atoms with van der Waals surface area (Å²) in [6.45, 7) is 6.70. The van der Waals surface area contributed by atoms with Crippen molar-refractivity contribution in [3.63, 3.8) is 0 Å². The molecule has 0 unspecified atom stereocenters. The predicted octanol–water partition coefficient (Wildman–Crippen LogP) is 5.31. The van der Waals surface area contributed by atoms with E-state index in [1.54, 1.807) is 18.0 Å². The van der Waals surface area contributed by atoms with Crippen molar-refractivity contribution in [2.75, 3.05) is 0 Å². The van der Waals surface area contributed by atoms with Crippen LogP contribution >= 0.6 is 27.7 Å². The molecule has 3 aromatic rings. The molecule has 3 rings (SSSR count). The Hall–Kier alpha value is -1.33. The number of rotatable bonds is 3. The third-order valence-corrected chi connectivity index (χ3v) is 4.86. The predicted molar refractivity (Wildman–Crippen MR) is 96.3 cm³/mol. The van der Waals surface area contributed by atoms with E-state index >= 15 is 0 Å². The quantitative estimate of drug-likeness (QED) is 0.630. The van der Waals surface area contributed by atoms with E-state index in [1.807, 2.05) is 6.07 Å². The van der Waals surface area contributed by atoms with Crippen LogP contribution < -0.4 is 0 Å². The number of nitrogens with one attached hydrogen (secondary N) is 1. The Balaban J connectivity index is 1.71. The Kier molecular flexibility index (Phi) is 4.28. The molecule has 0 aliphatic heterocycles. The number of fused-ring (bicyclic) bond motifs is 1. The van der Waals surface area contributed by atoms with Crippen molar-refractivity contribution in [3.05, 3.63) is 52.1 Å². The minimum atomic E-state index is 0.198. The fourth-order valence-corrected chi connectivity index (χ4v) is 3.33. The topological polar surface area (TPSA) is 41.6 Å². The van der Waals surface area contributed by atoms with Gasteiger partial charge in [0.25, 0.3) is 0 Å². The zero-order valence-electron chi connectivity index (χ0n) is 12.9. The van der Waals surface area contributed by atoms with Gasteiger partial charge in [-0.15, -0.1) is 0 Å². The van der Waals surface area contributed by atoms with Gasteiger partial charge in [-0.05, 0) is 38.5 Å². The molecule has 0 amide bonds. The van der Waals surface area contributed by atoms with E-state index in [0.29, 0.717) is 0 Å². The monoisotopic (exact) mass is 375 g/mol. The number of hydrogen-bond acceptors (Lipinski definition) is 3. The van der Waals surface area contributed by atoms with Crippen molar-refractivity contribution >= 4 is 38.9 Å². The van der Waals surface area contributed by atoms with Crippen LogP contribution in [0.5, 0.6) is 0 Å². The lowest BCUT2D eigenvalue weighted by Crippen LogP contribution is -2.10. The van der Waals surface area contributed by atoms with Crippen molar-refractivity contribution in [2.24, 2.45) is 0 Å². The lowest BCUT2D eigenvalue weighted by molar-refractivity contribution is 0.590. The standard InChI is InChI=1S/C17H18BrN3S/c1-17(2,3)12-6-4-11(5-7-12)10-22-16-20-14-8-13(18)9-19-15(14)21-16/h4-9H,10H2,1-3H3,(H,19,20,21). The van der Waals surface area contributed by atoms with Crippen LogP contribution in [0.25, 0.3) is 11.2 Å². The number of aromatic nitrogens is 3. The number of halogens is 1. The molecule has 5 heteroatoms. The first-order chi connectivity index (χ1) is 10.4. The molecule has 0 saturated heterocycles. The Bertz CT molecular complexity index is 788. The fraction of sp³-hybridized carbons (Fsp3) is 0.294. The van der Waals surface area contributed by atoms with E-state index < -0.39 is 0 Å². The highest BCUT2D eigenvalue weighted by Crippen LogP contribution is 2.26. The van der Waals surface area contributed by atoms with Crippen LogP contribution in [0.4, 0.5) is 0 Å². The van der Waals surface area contributed by atoms with Gasteiger partial charge in [0.05, 0.1) is 5.52 Å². The number of aromatic amines is 1. The van der Waals surface area contributed by atoms with Gasteiger partial charge in [-0.25, -0.2) is 9.97 Å². The molecular formula is C17H18BrN3S. The molecule has 0 bridgehead atoms. The zero-order chi connectivity index (χ0) is 15.7. The molecule has 0 aliphatic carbocycles. The van der Waals surface area contributed by atoms with E-state index in [0.717, 1.165) is 26.5 Å². The van der Waals surface area contributed by atoms with E-state index in [4.69, 9.17) is 0 Å². The normalized spacial score (nSPS) is 12.0. The van der Waals surface area contributed by atoms with Crippen LogP contribution in [0, 0.1) is 0 Å². The fourth-order valence-electron chi connectivity index (χ4n) is 2.17. The van der Waals surface area contributed by atoms with Gasteiger partial charge < -0.3 is 4.98 Å². The van der Waals surface area contributed by atoms with Crippen molar-refractivity contribution in [3.8, 4) is 0 Å². The van der Waals surface area contributed by atoms with Crippen LogP contribution in [0.2, 0.25) is 0 Å². The molecule has 114 valence electrons. The number of H-pyrrole nitrogens is 1. The second-order valence-electron chi connectivity index (χ2n) is 6.30. The maximum absolute atomic E-state index is 4.50. The smallest absolute Gasteiger partial charge is 0.178 e. The molecule has 2 heterocycles. The molecule has 0 spiro atoms. The Labute approximate surface area is 143 Å². The lowest BCUT2D eigenvalue weighted by Gasteiger charge is -2.19. The highest BCUT2D eigenvalue weighted by molar-refractivity contribution is 9.10. The molecule has 22 heavy (non-hydrogen) atoms. The molecule has 1 N–H and O–H groups in total. The summed E-state index contributed by atoms with van der Waals surface area (Å²) in [6, 6.07) is 10.8. The second kappa shape index (κ2) is 6.05. The molecule has 0 saturated carbocycles. The largest absolute Gasteiger partial charge is 0.331 e. The van der Waals surface area contributed by atoms with Crippen molar-refractivity contribution in [1.29, 1.82) is 0 Å². The number of benzene rings is 1. The summed E-state index contributed by atoms with van der Waals surface area (Å²) in [6.07, 6.45) is 1.77. The molecule has 0 aliphatic rings. The highest BCUT2D eigenvalue weighted by Gasteiger charge is 2.13. The first kappa shape index (κ1) is 15.6. The molecule has 0 fully saturated rings. The van der Waals surface area contributed by atoms with E-state index in [9.17, 15) is 0 Å². The third kappa shape index (κ3) is 3.52. The average molecular weight is 376 g/mol. The first-order valence-corrected chi connectivity index (χ1v) is 8.93. The zero-order valence-corrected chi connectivity index (χ0v) is 15.3. The molecular weight excluding hydrogens is 358 g/mol. The summed E-state index contributed by atoms with van der Waals surface area (Å²) >= 11 is 5.12. The summed E-state index contributed by atoms with van der Waals surface area (Å²) in [5, 5.41) is 0.903. The van der Waals surface area contributed by atoms with E-state index in [-0.39, 0.29) is 5.41 Å². The summed E-state index contributed by atoms with van der Waals surface area (Å²) in [5.41, 5.74) is 4.57. The van der Waals surface area contributed by atoms with Gasteiger partial charge in [0.2, 0.25) is 0 Å². The third-order valence-electron chi connectivity index (χ3n) is 3.48. The van der Waals surface area contributed by atoms with Gasteiger partial charge in [0.1, 0.15) is 0 Å². The molecule has 0 atom stereocenters. The number of thioether (sulfide) groups is 1. The highest BCUT2D eigenvalue weighted by atomic mass is 79.9. The Morgan fingerprint density at radius 2 is 1.91 bits per heavy atom. The van der Waals surface area contributed by atoms with E-state index in [2.05, 4.69) is 75.9 Å². The summed E-state index contributed by atoms with van der Waals surface area (Å²) in [7, 11) is 0. The number of hydrogen-bond donors (Lipinski definition) is 1. The molecule has 1 aromatic carbocycles. The number of nitrogens with zero attached hydrogens (tertiary/aromatic N) is 2. The molecule has 2 aromatic heterocycles. The average Bonchev–Trinajstić information content (AvgIpc) is 2.86. The minimum absolute atomic E-state index is 0.198. The van der Waals surface area contributed by atoms with Crippen LogP contribution in [0.1, 0.15) is 31.9 Å². The van der Waals surface area contributed by atoms with Crippen molar-refractivity contribution < 1.29 is 0 Å². The van der Waals surface area contributed by atoms with Gasteiger partial charge >= 0.3 is 0 Å². The number of pyridine rings is 1. The first-order valence-electron chi connectivity index (χ1n) is 7.15. The van der Waals surface area contributed by atoms with Crippen LogP contribution in [-0.2, 0) is 11.2 Å². The van der Waals surface area contributed by atoms with Gasteiger partial charge in [-0.3, -0.25) is 0 Å². The summed E-state index contributed by atoms with van der Waals surface area (Å²) in [5.74, 6) is 0.894. The van der Waals surface area contributed by atoms with Crippen molar-refractivity contribution in [1.82, 2.24) is 15.0 Å². The summed E-state index contributed by atoms with van der Waals surface area (Å²) < 4.78 is 0.956. The van der Waals surface area contributed by atoms with Crippen LogP contribution in [0.15, 0.2) is 46.2 Å². The van der Waals surface area contributed by atoms with Gasteiger partial charge in [0, 0.05) is 16.4 Å². The van der Waals surface area contributed by atoms with Crippen LogP contribution in [0.3, 0.4) is 0 Å².